The van der Waals surface area contributed by atoms with Crippen LogP contribution in [0.4, 0.5) is 5.69 Å². The van der Waals surface area contributed by atoms with E-state index in [0.29, 0.717) is 16.2 Å². The number of aryl methyl sites for hydroxylation is 1. The monoisotopic (exact) mass is 326 g/mol. The SMILES string of the molecule is Cc1nc(Cl)ccc1NCc1cccc(Br)c1O. The fourth-order valence-corrected chi connectivity index (χ4v) is 2.21. The molecule has 2 N–H and O–H groups in total. The van der Waals surface area contributed by atoms with Crippen molar-refractivity contribution in [3.63, 3.8) is 0 Å². The molecule has 2 aromatic rings. The maximum Gasteiger partial charge on any atom is 0.134 e. The van der Waals surface area contributed by atoms with E-state index in [1.807, 2.05) is 25.1 Å². The van der Waals surface area contributed by atoms with E-state index < -0.39 is 0 Å². The van der Waals surface area contributed by atoms with Crippen LogP contribution in [0, 0.1) is 6.92 Å². The number of benzene rings is 1. The first-order valence-corrected chi connectivity index (χ1v) is 6.58. The third kappa shape index (κ3) is 2.94. The summed E-state index contributed by atoms with van der Waals surface area (Å²) >= 11 is 9.08. The molecule has 5 heteroatoms. The third-order valence-corrected chi connectivity index (χ3v) is 3.44. The number of aromatic nitrogens is 1. The molecule has 2 rings (SSSR count). The summed E-state index contributed by atoms with van der Waals surface area (Å²) in [4.78, 5) is 4.16. The highest BCUT2D eigenvalue weighted by molar-refractivity contribution is 9.10. The molecule has 0 unspecified atom stereocenters. The van der Waals surface area contributed by atoms with E-state index in [2.05, 4.69) is 26.2 Å². The second kappa shape index (κ2) is 5.59. The van der Waals surface area contributed by atoms with Crippen molar-refractivity contribution in [1.82, 2.24) is 4.98 Å². The van der Waals surface area contributed by atoms with E-state index in [1.165, 1.54) is 0 Å². The summed E-state index contributed by atoms with van der Waals surface area (Å²) in [5.41, 5.74) is 2.55. The minimum absolute atomic E-state index is 0.254. The van der Waals surface area contributed by atoms with Gasteiger partial charge in [0, 0.05) is 12.1 Å². The molecule has 3 nitrogen and oxygen atoms in total. The van der Waals surface area contributed by atoms with Crippen molar-refractivity contribution >= 4 is 33.2 Å². The lowest BCUT2D eigenvalue weighted by molar-refractivity contribution is 0.465. The van der Waals surface area contributed by atoms with Gasteiger partial charge in [-0.2, -0.15) is 0 Å². The number of nitrogens with zero attached hydrogens (tertiary/aromatic N) is 1. The number of hydrogen-bond donors (Lipinski definition) is 2. The molecule has 0 fully saturated rings. The Labute approximate surface area is 119 Å². The number of halogens is 2. The maximum atomic E-state index is 9.87. The van der Waals surface area contributed by atoms with Gasteiger partial charge in [-0.05, 0) is 41.1 Å². The molecule has 1 aromatic heterocycles. The van der Waals surface area contributed by atoms with Gasteiger partial charge in [-0.25, -0.2) is 4.98 Å². The minimum Gasteiger partial charge on any atom is -0.506 e. The maximum absolute atomic E-state index is 9.87. The molecule has 0 aliphatic carbocycles. The Morgan fingerprint density at radius 3 is 2.83 bits per heavy atom. The summed E-state index contributed by atoms with van der Waals surface area (Å²) in [5, 5.41) is 13.6. The van der Waals surface area contributed by atoms with Gasteiger partial charge in [-0.1, -0.05) is 23.7 Å². The second-order valence-corrected chi connectivity index (χ2v) is 5.11. The van der Waals surface area contributed by atoms with Gasteiger partial charge in [0.15, 0.2) is 0 Å². The van der Waals surface area contributed by atoms with Crippen LogP contribution in [0.1, 0.15) is 11.3 Å². The van der Waals surface area contributed by atoms with Crippen molar-refractivity contribution in [2.75, 3.05) is 5.32 Å². The molecule has 0 radical (unpaired) electrons. The van der Waals surface area contributed by atoms with E-state index in [4.69, 9.17) is 11.6 Å². The smallest absolute Gasteiger partial charge is 0.134 e. The fraction of sp³-hybridized carbons (Fsp3) is 0.154. The van der Waals surface area contributed by atoms with Gasteiger partial charge in [0.05, 0.1) is 15.9 Å². The normalized spacial score (nSPS) is 10.4. The predicted molar refractivity (Wildman–Crippen MR) is 77.1 cm³/mol. The first-order valence-electron chi connectivity index (χ1n) is 5.41. The molecule has 1 aromatic carbocycles. The van der Waals surface area contributed by atoms with Crippen molar-refractivity contribution < 1.29 is 5.11 Å². The Kier molecular flexibility index (Phi) is 4.09. The standard InChI is InChI=1S/C13H12BrClN2O/c1-8-11(5-6-12(15)17-8)16-7-9-3-2-4-10(14)13(9)18/h2-6,16,18H,7H2,1H3. The number of phenols is 1. The average molecular weight is 328 g/mol. The Bertz CT molecular complexity index is 575. The number of para-hydroxylation sites is 1. The van der Waals surface area contributed by atoms with E-state index in [1.54, 1.807) is 12.1 Å². The summed E-state index contributed by atoms with van der Waals surface area (Å²) in [7, 11) is 0. The molecule has 94 valence electrons. The molecule has 0 amide bonds. The second-order valence-electron chi connectivity index (χ2n) is 3.87. The number of pyridine rings is 1. The largest absolute Gasteiger partial charge is 0.506 e. The van der Waals surface area contributed by atoms with Gasteiger partial charge < -0.3 is 10.4 Å². The highest BCUT2D eigenvalue weighted by Crippen LogP contribution is 2.28. The topological polar surface area (TPSA) is 45.2 Å². The van der Waals surface area contributed by atoms with Crippen LogP contribution >= 0.6 is 27.5 Å². The molecular weight excluding hydrogens is 316 g/mol. The van der Waals surface area contributed by atoms with Crippen LogP contribution in [0.2, 0.25) is 5.15 Å². The molecule has 0 aliphatic rings. The van der Waals surface area contributed by atoms with E-state index in [-0.39, 0.29) is 5.75 Å². The highest BCUT2D eigenvalue weighted by atomic mass is 79.9. The zero-order valence-electron chi connectivity index (χ0n) is 9.74. The first-order chi connectivity index (χ1) is 8.58. The molecule has 0 aliphatic heterocycles. The predicted octanol–water partition coefficient (Wildman–Crippen LogP) is 4.12. The van der Waals surface area contributed by atoms with Crippen LogP contribution in [0.25, 0.3) is 0 Å². The summed E-state index contributed by atoms with van der Waals surface area (Å²) in [5.74, 6) is 0.254. The van der Waals surface area contributed by atoms with Gasteiger partial charge in [0.25, 0.3) is 0 Å². The molecular formula is C13H12BrClN2O. The number of aromatic hydroxyl groups is 1. The van der Waals surface area contributed by atoms with Gasteiger partial charge in [0.2, 0.25) is 0 Å². The minimum atomic E-state index is 0.254. The summed E-state index contributed by atoms with van der Waals surface area (Å²) < 4.78 is 0.688. The summed E-state index contributed by atoms with van der Waals surface area (Å²) in [6.07, 6.45) is 0. The third-order valence-electron chi connectivity index (χ3n) is 2.59. The molecule has 0 saturated carbocycles. The molecule has 0 atom stereocenters. The van der Waals surface area contributed by atoms with Gasteiger partial charge >= 0.3 is 0 Å². The number of rotatable bonds is 3. The number of nitrogens with one attached hydrogen (secondary N) is 1. The number of anilines is 1. The van der Waals surface area contributed by atoms with Crippen LogP contribution < -0.4 is 5.32 Å². The van der Waals surface area contributed by atoms with Crippen molar-refractivity contribution in [3.8, 4) is 5.75 Å². The Morgan fingerprint density at radius 1 is 1.33 bits per heavy atom. The molecule has 18 heavy (non-hydrogen) atoms. The van der Waals surface area contributed by atoms with E-state index in [0.717, 1.165) is 16.9 Å². The number of phenolic OH excluding ortho intramolecular Hbond substituents is 1. The lowest BCUT2D eigenvalue weighted by atomic mass is 10.2. The van der Waals surface area contributed by atoms with Crippen LogP contribution in [0.3, 0.4) is 0 Å². The highest BCUT2D eigenvalue weighted by Gasteiger charge is 2.05. The lowest BCUT2D eigenvalue weighted by Crippen LogP contribution is -2.02. The summed E-state index contributed by atoms with van der Waals surface area (Å²) in [6, 6.07) is 9.16. The van der Waals surface area contributed by atoms with Crippen LogP contribution in [0.5, 0.6) is 5.75 Å². The van der Waals surface area contributed by atoms with Crippen LogP contribution in [-0.4, -0.2) is 10.1 Å². The zero-order valence-corrected chi connectivity index (χ0v) is 12.1. The van der Waals surface area contributed by atoms with E-state index in [9.17, 15) is 5.11 Å². The molecule has 0 spiro atoms. The van der Waals surface area contributed by atoms with Crippen molar-refractivity contribution in [2.24, 2.45) is 0 Å². The Morgan fingerprint density at radius 2 is 2.11 bits per heavy atom. The van der Waals surface area contributed by atoms with Crippen LogP contribution in [-0.2, 0) is 6.54 Å². The van der Waals surface area contributed by atoms with Crippen molar-refractivity contribution in [2.45, 2.75) is 13.5 Å². The van der Waals surface area contributed by atoms with Gasteiger partial charge in [-0.3, -0.25) is 0 Å². The van der Waals surface area contributed by atoms with Gasteiger partial charge in [0.1, 0.15) is 10.9 Å². The summed E-state index contributed by atoms with van der Waals surface area (Å²) in [6.45, 7) is 2.41. The number of hydrogen-bond acceptors (Lipinski definition) is 3. The fourth-order valence-electron chi connectivity index (χ4n) is 1.61. The van der Waals surface area contributed by atoms with Crippen LogP contribution in [0.15, 0.2) is 34.8 Å². The zero-order chi connectivity index (χ0) is 13.1. The first kappa shape index (κ1) is 13.2. The van der Waals surface area contributed by atoms with Gasteiger partial charge in [-0.15, -0.1) is 0 Å². The van der Waals surface area contributed by atoms with Crippen molar-refractivity contribution in [3.05, 3.63) is 51.2 Å². The molecule has 1 heterocycles. The molecule has 0 bridgehead atoms. The van der Waals surface area contributed by atoms with E-state index >= 15 is 0 Å². The Balaban J connectivity index is 2.14. The molecule has 0 saturated heterocycles. The quantitative estimate of drug-likeness (QED) is 0.833. The lowest BCUT2D eigenvalue weighted by Gasteiger charge is -2.11. The Hall–Kier alpha value is -1.26. The average Bonchev–Trinajstić information content (AvgIpc) is 2.33. The van der Waals surface area contributed by atoms with Crippen molar-refractivity contribution in [1.29, 1.82) is 0 Å².